The molecule has 11 nitrogen and oxygen atoms in total. The van der Waals surface area contributed by atoms with Gasteiger partial charge in [-0.05, 0) is 30.7 Å². The number of ether oxygens (including phenoxy) is 3. The smallest absolute Gasteiger partial charge is 0.407 e. The van der Waals surface area contributed by atoms with Gasteiger partial charge in [-0.3, -0.25) is 14.9 Å². The van der Waals surface area contributed by atoms with Crippen LogP contribution in [-0.2, 0) is 24.8 Å². The van der Waals surface area contributed by atoms with E-state index in [2.05, 4.69) is 10.6 Å². The second kappa shape index (κ2) is 15.6. The number of nitro groups is 1. The molecule has 1 atom stereocenters. The Labute approximate surface area is 213 Å². The van der Waals surface area contributed by atoms with Gasteiger partial charge in [0.25, 0.3) is 5.69 Å². The van der Waals surface area contributed by atoms with E-state index >= 15 is 0 Å². The summed E-state index contributed by atoms with van der Waals surface area (Å²) >= 11 is 1.09. The Morgan fingerprint density at radius 1 is 1.08 bits per heavy atom. The average molecular weight is 522 g/mol. The summed E-state index contributed by atoms with van der Waals surface area (Å²) in [5, 5.41) is 26.5. The molecule has 1 unspecified atom stereocenters. The second-order valence-electron chi connectivity index (χ2n) is 7.58. The van der Waals surface area contributed by atoms with Crippen molar-refractivity contribution in [1.82, 2.24) is 10.6 Å². The third kappa shape index (κ3) is 10.5. The number of nitro benzene ring substituents is 1. The molecule has 0 spiro atoms. The summed E-state index contributed by atoms with van der Waals surface area (Å²) in [4.78, 5) is 34.1. The zero-order valence-corrected chi connectivity index (χ0v) is 21.0. The summed E-state index contributed by atoms with van der Waals surface area (Å²) in [5.74, 6) is 0.466. The van der Waals surface area contributed by atoms with E-state index in [-0.39, 0.29) is 35.4 Å². The van der Waals surface area contributed by atoms with E-state index in [0.717, 1.165) is 17.3 Å². The Bertz CT molecular complexity index is 995. The highest BCUT2D eigenvalue weighted by molar-refractivity contribution is 8.12. The van der Waals surface area contributed by atoms with Crippen LogP contribution in [0.5, 0.6) is 0 Å². The van der Waals surface area contributed by atoms with Crippen molar-refractivity contribution in [3.8, 4) is 0 Å². The van der Waals surface area contributed by atoms with Gasteiger partial charge in [0, 0.05) is 37.4 Å². The first-order chi connectivity index (χ1) is 17.3. The van der Waals surface area contributed by atoms with Gasteiger partial charge in [-0.25, -0.2) is 4.79 Å². The van der Waals surface area contributed by atoms with E-state index in [1.54, 1.807) is 31.2 Å². The third-order valence-electron chi connectivity index (χ3n) is 4.82. The van der Waals surface area contributed by atoms with Gasteiger partial charge in [0.2, 0.25) is 0 Å². The summed E-state index contributed by atoms with van der Waals surface area (Å²) in [6, 6.07) is 4.50. The van der Waals surface area contributed by atoms with Gasteiger partial charge < -0.3 is 30.0 Å². The van der Waals surface area contributed by atoms with Gasteiger partial charge in [-0.15, -0.1) is 0 Å². The number of benzene rings is 1. The van der Waals surface area contributed by atoms with E-state index < -0.39 is 17.1 Å². The Balaban J connectivity index is 1.62. The molecule has 0 saturated heterocycles. The average Bonchev–Trinajstić information content (AvgIpc) is 3.38. The van der Waals surface area contributed by atoms with E-state index in [9.17, 15) is 24.8 Å². The summed E-state index contributed by atoms with van der Waals surface area (Å²) in [6.45, 7) is 4.91. The summed E-state index contributed by atoms with van der Waals surface area (Å²) in [6.07, 6.45) is 5.65. The fraction of sp³-hybridized carbons (Fsp3) is 0.417. The number of carbonyl (C=O) groups is 2. The van der Waals surface area contributed by atoms with Crippen molar-refractivity contribution in [2.75, 3.05) is 39.5 Å². The lowest BCUT2D eigenvalue weighted by atomic mass is 10.1. The second-order valence-corrected chi connectivity index (χ2v) is 8.73. The van der Waals surface area contributed by atoms with Gasteiger partial charge in [0.05, 0.1) is 36.9 Å². The van der Waals surface area contributed by atoms with Crippen LogP contribution in [0.1, 0.15) is 31.1 Å². The molecule has 0 bridgehead atoms. The molecule has 2 rings (SSSR count). The van der Waals surface area contributed by atoms with E-state index in [0.29, 0.717) is 37.7 Å². The molecule has 1 aliphatic carbocycles. The quantitative estimate of drug-likeness (QED) is 0.135. The van der Waals surface area contributed by atoms with Crippen molar-refractivity contribution in [3.63, 3.8) is 0 Å². The first-order valence-corrected chi connectivity index (χ1v) is 12.3. The molecule has 3 N–H and O–H groups in total. The molecule has 1 aromatic rings. The van der Waals surface area contributed by atoms with Crippen LogP contribution in [-0.4, -0.2) is 60.8 Å². The van der Waals surface area contributed by atoms with Crippen LogP contribution in [0.3, 0.4) is 0 Å². The molecule has 0 aromatic heterocycles. The number of amides is 1. The molecule has 1 amide bonds. The van der Waals surface area contributed by atoms with Crippen molar-refractivity contribution in [3.05, 3.63) is 75.2 Å². The van der Waals surface area contributed by atoms with E-state index in [1.165, 1.54) is 13.0 Å². The number of alkyl carbamates (subject to hydrolysis) is 1. The van der Waals surface area contributed by atoms with Gasteiger partial charge in [0.15, 0.2) is 11.0 Å². The lowest BCUT2D eigenvalue weighted by Crippen LogP contribution is -2.29. The Kier molecular flexibility index (Phi) is 12.5. The third-order valence-corrected chi connectivity index (χ3v) is 5.70. The minimum Gasteiger partial charge on any atom is -0.494 e. The molecule has 0 fully saturated rings. The number of rotatable bonds is 15. The Morgan fingerprint density at radius 3 is 2.33 bits per heavy atom. The number of hydrogen-bond donors (Lipinski definition) is 3. The van der Waals surface area contributed by atoms with Gasteiger partial charge >= 0.3 is 6.09 Å². The highest BCUT2D eigenvalue weighted by atomic mass is 32.2. The number of thioether (sulfide) groups is 1. The van der Waals surface area contributed by atoms with Crippen molar-refractivity contribution >= 4 is 28.7 Å². The minimum atomic E-state index is -0.869. The van der Waals surface area contributed by atoms with Crippen molar-refractivity contribution in [2.24, 2.45) is 0 Å². The highest BCUT2D eigenvalue weighted by Gasteiger charge is 2.22. The topological polar surface area (TPSA) is 149 Å². The fourth-order valence-electron chi connectivity index (χ4n) is 3.06. The van der Waals surface area contributed by atoms with E-state index in [4.69, 9.17) is 14.2 Å². The maximum Gasteiger partial charge on any atom is 0.407 e. The SMILES string of the molecule is CC(=O)SCc1ccc([N+](=O)[O-])c(C(C)OC(=O)NCCOCCOCCNC(O)=C2C=CC=C2)c1. The summed E-state index contributed by atoms with van der Waals surface area (Å²) in [7, 11) is 0. The normalized spacial score (nSPS) is 12.9. The molecular formula is C24H31N3O8S. The maximum absolute atomic E-state index is 12.1. The molecule has 0 radical (unpaired) electrons. The van der Waals surface area contributed by atoms with Gasteiger partial charge in [-0.1, -0.05) is 30.0 Å². The number of hydrogen-bond acceptors (Lipinski definition) is 10. The van der Waals surface area contributed by atoms with Gasteiger partial charge in [-0.2, -0.15) is 0 Å². The lowest BCUT2D eigenvalue weighted by Gasteiger charge is -2.15. The largest absolute Gasteiger partial charge is 0.494 e. The van der Waals surface area contributed by atoms with Crippen LogP contribution in [0.25, 0.3) is 0 Å². The standard InChI is InChI=1S/C24H31N3O8S/c1-17(21-15-19(16-36-18(2)28)7-8-22(21)27(31)32)35-24(30)26-10-12-34-14-13-33-11-9-25-23(29)20-5-3-4-6-20/h3-8,15,17,25,29H,9-14,16H2,1-2H3,(H,26,30). The monoisotopic (exact) mass is 521 g/mol. The number of nitrogens with zero attached hydrogens (tertiary/aromatic N) is 1. The predicted molar refractivity (Wildman–Crippen MR) is 136 cm³/mol. The van der Waals surface area contributed by atoms with Crippen LogP contribution in [0.2, 0.25) is 0 Å². The molecule has 1 aliphatic rings. The van der Waals surface area contributed by atoms with Crippen LogP contribution >= 0.6 is 11.8 Å². The molecule has 36 heavy (non-hydrogen) atoms. The zero-order chi connectivity index (χ0) is 26.3. The highest BCUT2D eigenvalue weighted by Crippen LogP contribution is 2.30. The molecule has 1 aromatic carbocycles. The number of nitrogens with one attached hydrogen (secondary N) is 2. The Hall–Kier alpha value is -3.35. The number of allylic oxidation sites excluding steroid dienone is 5. The first-order valence-electron chi connectivity index (χ1n) is 11.3. The minimum absolute atomic E-state index is 0.0623. The fourth-order valence-corrected chi connectivity index (χ4v) is 3.61. The zero-order valence-electron chi connectivity index (χ0n) is 20.2. The molecule has 0 saturated carbocycles. The molecule has 12 heteroatoms. The number of aliphatic hydroxyl groups excluding tert-OH is 1. The summed E-state index contributed by atoms with van der Waals surface area (Å²) < 4.78 is 16.1. The van der Waals surface area contributed by atoms with Crippen molar-refractivity contribution < 1.29 is 33.8 Å². The predicted octanol–water partition coefficient (Wildman–Crippen LogP) is 3.68. The first kappa shape index (κ1) is 28.9. The van der Waals surface area contributed by atoms with Gasteiger partial charge in [0.1, 0.15) is 6.10 Å². The van der Waals surface area contributed by atoms with Crippen LogP contribution in [0, 0.1) is 10.1 Å². The molecule has 0 aliphatic heterocycles. The lowest BCUT2D eigenvalue weighted by molar-refractivity contribution is -0.386. The van der Waals surface area contributed by atoms with Crippen LogP contribution in [0.15, 0.2) is 54.0 Å². The van der Waals surface area contributed by atoms with Crippen molar-refractivity contribution in [2.45, 2.75) is 25.7 Å². The summed E-state index contributed by atoms with van der Waals surface area (Å²) in [5.41, 5.74) is 1.52. The van der Waals surface area contributed by atoms with E-state index in [1.807, 2.05) is 12.2 Å². The Morgan fingerprint density at radius 2 is 1.72 bits per heavy atom. The number of carbonyl (C=O) groups excluding carboxylic acids is 2. The number of aliphatic hydroxyl groups is 1. The maximum atomic E-state index is 12.1. The van der Waals surface area contributed by atoms with Crippen LogP contribution < -0.4 is 10.6 Å². The molecule has 196 valence electrons. The molecule has 0 heterocycles. The van der Waals surface area contributed by atoms with Crippen molar-refractivity contribution in [1.29, 1.82) is 0 Å². The molecular weight excluding hydrogens is 490 g/mol. The van der Waals surface area contributed by atoms with Crippen LogP contribution in [0.4, 0.5) is 10.5 Å².